The number of hydrogen-bond acceptors (Lipinski definition) is 3. The Labute approximate surface area is 215 Å². The second-order valence-electron chi connectivity index (χ2n) is 11.2. The first-order valence-electron chi connectivity index (χ1n) is 13.9. The summed E-state index contributed by atoms with van der Waals surface area (Å²) in [5, 5.41) is 0. The van der Waals surface area contributed by atoms with Crippen LogP contribution in [0.2, 0.25) is 0 Å². The molecular formula is C32H36N2S. The van der Waals surface area contributed by atoms with Gasteiger partial charge >= 0.3 is 0 Å². The molecule has 0 amide bonds. The van der Waals surface area contributed by atoms with Gasteiger partial charge in [0.25, 0.3) is 0 Å². The van der Waals surface area contributed by atoms with Gasteiger partial charge in [-0.2, -0.15) is 0 Å². The zero-order valence-corrected chi connectivity index (χ0v) is 22.1. The van der Waals surface area contributed by atoms with Gasteiger partial charge in [-0.25, -0.2) is 9.97 Å². The van der Waals surface area contributed by atoms with E-state index >= 15 is 0 Å². The van der Waals surface area contributed by atoms with E-state index < -0.39 is 0 Å². The third-order valence-corrected chi connectivity index (χ3v) is 10.1. The zero-order valence-electron chi connectivity index (χ0n) is 22.3. The molecule has 2 heterocycles. The second kappa shape index (κ2) is 9.17. The highest BCUT2D eigenvalue weighted by Gasteiger charge is 2.36. The minimum absolute atomic E-state index is 0.0903. The van der Waals surface area contributed by atoms with Crippen LogP contribution in [0.5, 0.6) is 0 Å². The molecule has 2 nitrogen and oxygen atoms in total. The van der Waals surface area contributed by atoms with Crippen molar-refractivity contribution in [3.05, 3.63) is 71.0 Å². The molecule has 2 aliphatic rings. The number of nitrogens with zero attached hydrogens (tertiary/aromatic N) is 2. The van der Waals surface area contributed by atoms with Gasteiger partial charge < -0.3 is 0 Å². The molecule has 6 rings (SSSR count). The smallest absolute Gasteiger partial charge is 0.116 e. The van der Waals surface area contributed by atoms with Gasteiger partial charge in [-0.05, 0) is 99.5 Å². The fraction of sp³-hybridized carbons (Fsp3) is 0.438. The van der Waals surface area contributed by atoms with E-state index in [1.807, 2.05) is 0 Å². The molecule has 4 aromatic rings. The number of aromatic nitrogens is 2. The van der Waals surface area contributed by atoms with E-state index in [-0.39, 0.29) is 6.30 Å². The molecule has 2 fully saturated rings. The molecule has 3 heteroatoms. The maximum absolute atomic E-state index is 8.28. The van der Waals surface area contributed by atoms with E-state index in [2.05, 4.69) is 73.2 Å². The first-order valence-corrected chi connectivity index (χ1v) is 14.2. The number of thiophene rings is 1. The molecule has 0 N–H and O–H groups in total. The average molecular weight is 482 g/mol. The summed E-state index contributed by atoms with van der Waals surface area (Å²) >= 11 is 1.77. The third-order valence-electron chi connectivity index (χ3n) is 8.75. The fourth-order valence-electron chi connectivity index (χ4n) is 6.83. The first kappa shape index (κ1) is 21.7. The molecule has 35 heavy (non-hydrogen) atoms. The average Bonchev–Trinajstić information content (AvgIpc) is 3.20. The fourth-order valence-corrected chi connectivity index (χ4v) is 8.09. The van der Waals surface area contributed by atoms with Crippen molar-refractivity contribution in [3.63, 3.8) is 0 Å². The van der Waals surface area contributed by atoms with Crippen molar-refractivity contribution in [2.75, 3.05) is 0 Å². The Kier molecular flexibility index (Phi) is 5.69. The van der Waals surface area contributed by atoms with Gasteiger partial charge in [0.2, 0.25) is 0 Å². The molecule has 0 atom stereocenters. The van der Waals surface area contributed by atoms with Crippen molar-refractivity contribution in [1.29, 1.82) is 0 Å². The van der Waals surface area contributed by atoms with Gasteiger partial charge in [0.05, 0.1) is 15.9 Å². The van der Waals surface area contributed by atoms with Crippen LogP contribution in [0.3, 0.4) is 0 Å². The van der Waals surface area contributed by atoms with E-state index in [9.17, 15) is 0 Å². The van der Waals surface area contributed by atoms with Gasteiger partial charge in [-0.3, -0.25) is 0 Å². The van der Waals surface area contributed by atoms with Crippen LogP contribution in [-0.4, -0.2) is 9.97 Å². The summed E-state index contributed by atoms with van der Waals surface area (Å²) in [4.78, 5) is 10.4. The van der Waals surface area contributed by atoms with Crippen LogP contribution in [0.25, 0.3) is 31.9 Å². The van der Waals surface area contributed by atoms with Crippen LogP contribution in [0, 0.1) is 26.2 Å². The van der Waals surface area contributed by atoms with Crippen molar-refractivity contribution in [2.45, 2.75) is 84.5 Å². The van der Waals surface area contributed by atoms with Gasteiger partial charge in [-0.1, -0.05) is 60.7 Å². The predicted molar refractivity (Wildman–Crippen MR) is 149 cm³/mol. The molecule has 0 unspecified atom stereocenters. The summed E-state index contributed by atoms with van der Waals surface area (Å²) in [5.41, 5.74) is 9.88. The van der Waals surface area contributed by atoms with E-state index in [1.54, 1.807) is 11.3 Å². The standard InChI is InChI=1S/C32H36N2S/c1-21-17-22(2)19-27(18-21)29-31-28(33-20-34-29)23(3)30(35-31)26-9-7-24(8-10-26)25-11-15-32(16-12-25)13-5-4-6-14-32/h7-10,17-20,25H,4-6,11-16H2,1-3H3/i20D. The number of hydrogen-bond donors (Lipinski definition) is 0. The molecular weight excluding hydrogens is 444 g/mol. The Morgan fingerprint density at radius 2 is 1.51 bits per heavy atom. The van der Waals surface area contributed by atoms with E-state index in [0.717, 1.165) is 27.0 Å². The van der Waals surface area contributed by atoms with Crippen molar-refractivity contribution in [3.8, 4) is 21.7 Å². The summed E-state index contributed by atoms with van der Waals surface area (Å²) in [5.74, 6) is 0.711. The Morgan fingerprint density at radius 3 is 2.20 bits per heavy atom. The predicted octanol–water partition coefficient (Wildman–Crippen LogP) is 9.56. The number of rotatable bonds is 3. The molecule has 0 aliphatic heterocycles. The minimum atomic E-state index is 0.0903. The lowest BCUT2D eigenvalue weighted by molar-refractivity contribution is 0.114. The highest BCUT2D eigenvalue weighted by Crippen LogP contribution is 2.51. The van der Waals surface area contributed by atoms with Gasteiger partial charge in [0.15, 0.2) is 0 Å². The van der Waals surface area contributed by atoms with Crippen LogP contribution in [0.4, 0.5) is 0 Å². The lowest BCUT2D eigenvalue weighted by atomic mass is 9.62. The molecule has 1 spiro atoms. The summed E-state index contributed by atoms with van der Waals surface area (Å²) in [7, 11) is 0. The van der Waals surface area contributed by atoms with Crippen LogP contribution < -0.4 is 0 Å². The number of fused-ring (bicyclic) bond motifs is 1. The van der Waals surface area contributed by atoms with E-state index in [4.69, 9.17) is 1.37 Å². The van der Waals surface area contributed by atoms with Crippen molar-refractivity contribution >= 4 is 21.6 Å². The SMILES string of the molecule is [2H]c1nc(-c2cc(C)cc(C)c2)c2sc(-c3ccc(C4CCC5(CCCCC5)CC4)cc3)c(C)c2n1. The summed E-state index contributed by atoms with van der Waals surface area (Å²) in [6, 6.07) is 15.9. The minimum Gasteiger partial charge on any atom is -0.235 e. The number of benzene rings is 2. The van der Waals surface area contributed by atoms with Crippen molar-refractivity contribution in [2.24, 2.45) is 5.41 Å². The van der Waals surface area contributed by atoms with Gasteiger partial charge in [0, 0.05) is 10.4 Å². The molecule has 2 aromatic heterocycles. The van der Waals surface area contributed by atoms with E-state index in [1.165, 1.54) is 84.9 Å². The normalized spacial score (nSPS) is 18.8. The molecule has 0 bridgehead atoms. The van der Waals surface area contributed by atoms with Crippen LogP contribution in [0.15, 0.2) is 48.8 Å². The van der Waals surface area contributed by atoms with Gasteiger partial charge in [-0.15, -0.1) is 11.3 Å². The monoisotopic (exact) mass is 481 g/mol. The maximum atomic E-state index is 8.28. The summed E-state index contributed by atoms with van der Waals surface area (Å²) in [6.07, 6.45) is 12.9. The van der Waals surface area contributed by atoms with Crippen molar-refractivity contribution in [1.82, 2.24) is 9.97 Å². The maximum Gasteiger partial charge on any atom is 0.116 e. The second-order valence-corrected chi connectivity index (χ2v) is 12.3. The highest BCUT2D eigenvalue weighted by molar-refractivity contribution is 7.23. The lowest BCUT2D eigenvalue weighted by Gasteiger charge is -2.43. The number of aryl methyl sites for hydroxylation is 3. The summed E-state index contributed by atoms with van der Waals surface area (Å²) in [6.45, 7) is 6.37. The Bertz CT molecular complexity index is 1380. The molecule has 2 saturated carbocycles. The zero-order chi connectivity index (χ0) is 24.9. The Balaban J connectivity index is 1.30. The Morgan fingerprint density at radius 1 is 0.829 bits per heavy atom. The molecule has 0 saturated heterocycles. The third kappa shape index (κ3) is 4.33. The van der Waals surface area contributed by atoms with Crippen LogP contribution in [0.1, 0.15) is 87.3 Å². The topological polar surface area (TPSA) is 25.8 Å². The molecule has 2 aromatic carbocycles. The summed E-state index contributed by atoms with van der Waals surface area (Å²) < 4.78 is 9.36. The van der Waals surface area contributed by atoms with Crippen molar-refractivity contribution < 1.29 is 1.37 Å². The van der Waals surface area contributed by atoms with Gasteiger partial charge in [0.1, 0.15) is 7.67 Å². The highest BCUT2D eigenvalue weighted by atomic mass is 32.1. The van der Waals surface area contributed by atoms with Crippen LogP contribution >= 0.6 is 11.3 Å². The molecule has 0 radical (unpaired) electrons. The lowest BCUT2D eigenvalue weighted by Crippen LogP contribution is -2.29. The largest absolute Gasteiger partial charge is 0.235 e. The quantitative estimate of drug-likeness (QED) is 0.291. The molecule has 2 aliphatic carbocycles. The first-order chi connectivity index (χ1) is 17.4. The van der Waals surface area contributed by atoms with E-state index in [0.29, 0.717) is 11.3 Å². The molecule has 180 valence electrons. The Hall–Kier alpha value is -2.52. The van der Waals surface area contributed by atoms with Crippen LogP contribution in [-0.2, 0) is 0 Å².